The minimum atomic E-state index is -0.448. The molecule has 1 heterocycles. The smallest absolute Gasteiger partial charge is 0.277 e. The average molecular weight is 396 g/mol. The molecule has 0 saturated carbocycles. The number of nitrogens with one attached hydrogen (secondary N) is 2. The Kier molecular flexibility index (Phi) is 6.10. The van der Waals surface area contributed by atoms with Crippen molar-refractivity contribution in [2.24, 2.45) is 0 Å². The Labute approximate surface area is 166 Å². The number of aromatic nitrogens is 2. The predicted molar refractivity (Wildman–Crippen MR) is 109 cm³/mol. The van der Waals surface area contributed by atoms with Crippen LogP contribution in [0.4, 0.5) is 11.4 Å². The van der Waals surface area contributed by atoms with E-state index in [0.717, 1.165) is 11.1 Å². The van der Waals surface area contributed by atoms with Crippen LogP contribution >= 0.6 is 11.8 Å². The molecule has 0 aliphatic carbocycles. The van der Waals surface area contributed by atoms with Gasteiger partial charge < -0.3 is 15.1 Å². The van der Waals surface area contributed by atoms with Crippen LogP contribution in [0.3, 0.4) is 0 Å². The third kappa shape index (κ3) is 5.20. The van der Waals surface area contributed by atoms with Crippen molar-refractivity contribution in [1.29, 1.82) is 0 Å². The van der Waals surface area contributed by atoms with E-state index in [1.165, 1.54) is 18.7 Å². The van der Waals surface area contributed by atoms with Crippen LogP contribution < -0.4 is 10.6 Å². The molecule has 28 heavy (non-hydrogen) atoms. The summed E-state index contributed by atoms with van der Waals surface area (Å²) < 4.78 is 5.66. The molecule has 3 aromatic rings. The number of thioether (sulfide) groups is 1. The van der Waals surface area contributed by atoms with Crippen molar-refractivity contribution in [3.05, 3.63) is 54.1 Å². The lowest BCUT2D eigenvalue weighted by atomic mass is 10.1. The fraction of sp³-hybridized carbons (Fsp3) is 0.200. The molecule has 2 N–H and O–H groups in total. The van der Waals surface area contributed by atoms with Gasteiger partial charge in [-0.15, -0.1) is 10.2 Å². The molecule has 1 atom stereocenters. The van der Waals surface area contributed by atoms with Crippen molar-refractivity contribution < 1.29 is 14.0 Å². The summed E-state index contributed by atoms with van der Waals surface area (Å²) in [6.45, 7) is 5.19. The van der Waals surface area contributed by atoms with Gasteiger partial charge >= 0.3 is 0 Å². The predicted octanol–water partition coefficient (Wildman–Crippen LogP) is 4.12. The fourth-order valence-corrected chi connectivity index (χ4v) is 3.08. The van der Waals surface area contributed by atoms with Gasteiger partial charge in [0, 0.05) is 23.9 Å². The maximum absolute atomic E-state index is 12.5. The molecule has 144 valence electrons. The second-order valence-corrected chi connectivity index (χ2v) is 7.54. The highest BCUT2D eigenvalue weighted by Crippen LogP contribution is 2.27. The summed E-state index contributed by atoms with van der Waals surface area (Å²) in [5.74, 6) is 0.0337. The van der Waals surface area contributed by atoms with Crippen molar-refractivity contribution in [3.8, 4) is 11.5 Å². The van der Waals surface area contributed by atoms with Gasteiger partial charge in [-0.25, -0.2) is 0 Å². The lowest BCUT2D eigenvalue weighted by Crippen LogP contribution is -2.22. The molecular weight excluding hydrogens is 376 g/mol. The van der Waals surface area contributed by atoms with Crippen LogP contribution in [-0.4, -0.2) is 27.3 Å². The number of benzene rings is 2. The monoisotopic (exact) mass is 396 g/mol. The third-order valence-electron chi connectivity index (χ3n) is 3.80. The first-order valence-corrected chi connectivity index (χ1v) is 9.54. The van der Waals surface area contributed by atoms with Gasteiger partial charge in [-0.05, 0) is 44.2 Å². The minimum Gasteiger partial charge on any atom is -0.411 e. The molecule has 0 aliphatic rings. The Balaban J connectivity index is 1.61. The van der Waals surface area contributed by atoms with E-state index in [0.29, 0.717) is 22.5 Å². The highest BCUT2D eigenvalue weighted by atomic mass is 32.2. The van der Waals surface area contributed by atoms with Crippen LogP contribution in [0.5, 0.6) is 0 Å². The first-order chi connectivity index (χ1) is 13.4. The second-order valence-electron chi connectivity index (χ2n) is 6.25. The van der Waals surface area contributed by atoms with Crippen LogP contribution in [0.2, 0.25) is 0 Å². The number of hydrogen-bond acceptors (Lipinski definition) is 6. The Morgan fingerprint density at radius 1 is 1.04 bits per heavy atom. The van der Waals surface area contributed by atoms with E-state index in [4.69, 9.17) is 4.42 Å². The van der Waals surface area contributed by atoms with Crippen LogP contribution in [0.15, 0.2) is 58.2 Å². The zero-order valence-corrected chi connectivity index (χ0v) is 16.5. The van der Waals surface area contributed by atoms with Gasteiger partial charge in [0.05, 0.1) is 5.25 Å². The zero-order chi connectivity index (χ0) is 20.1. The Morgan fingerprint density at radius 3 is 2.39 bits per heavy atom. The van der Waals surface area contributed by atoms with Gasteiger partial charge in [0.25, 0.3) is 5.22 Å². The van der Waals surface area contributed by atoms with Crippen LogP contribution in [-0.2, 0) is 9.59 Å². The number of carbonyl (C=O) groups is 2. The summed E-state index contributed by atoms with van der Waals surface area (Å²) in [6.07, 6.45) is 0. The van der Waals surface area contributed by atoms with Gasteiger partial charge in [0.2, 0.25) is 17.7 Å². The molecule has 0 unspecified atom stereocenters. The van der Waals surface area contributed by atoms with Crippen molar-refractivity contribution >= 4 is 35.0 Å². The Hall–Kier alpha value is -3.13. The third-order valence-corrected chi connectivity index (χ3v) is 4.74. The number of carbonyl (C=O) groups excluding carboxylic acids is 2. The molecule has 1 aromatic heterocycles. The number of amides is 2. The molecule has 0 bridgehead atoms. The summed E-state index contributed by atoms with van der Waals surface area (Å²) in [5, 5.41) is 13.4. The maximum atomic E-state index is 12.5. The molecule has 0 saturated heterocycles. The molecule has 0 radical (unpaired) electrons. The molecule has 2 aromatic carbocycles. The van der Waals surface area contributed by atoms with Crippen LogP contribution in [0, 0.1) is 6.92 Å². The van der Waals surface area contributed by atoms with Crippen molar-refractivity contribution in [1.82, 2.24) is 10.2 Å². The number of hydrogen-bond donors (Lipinski definition) is 2. The topological polar surface area (TPSA) is 97.1 Å². The van der Waals surface area contributed by atoms with E-state index in [2.05, 4.69) is 20.8 Å². The summed E-state index contributed by atoms with van der Waals surface area (Å²) in [4.78, 5) is 23.6. The number of anilines is 2. The van der Waals surface area contributed by atoms with E-state index in [1.807, 2.05) is 31.2 Å². The SMILES string of the molecule is CC(=O)Nc1cccc(NC(=O)[C@H](C)Sc2nnc(-c3ccc(C)cc3)o2)c1. The highest BCUT2D eigenvalue weighted by molar-refractivity contribution is 8.00. The van der Waals surface area contributed by atoms with E-state index < -0.39 is 5.25 Å². The molecule has 0 spiro atoms. The van der Waals surface area contributed by atoms with Crippen molar-refractivity contribution in [2.75, 3.05) is 10.6 Å². The summed E-state index contributed by atoms with van der Waals surface area (Å²) in [5.41, 5.74) is 3.18. The van der Waals surface area contributed by atoms with Gasteiger partial charge in [-0.3, -0.25) is 9.59 Å². The Morgan fingerprint density at radius 2 is 1.71 bits per heavy atom. The van der Waals surface area contributed by atoms with Crippen molar-refractivity contribution in [2.45, 2.75) is 31.2 Å². The summed E-state index contributed by atoms with van der Waals surface area (Å²) in [7, 11) is 0. The molecule has 7 nitrogen and oxygen atoms in total. The lowest BCUT2D eigenvalue weighted by molar-refractivity contribution is -0.115. The quantitative estimate of drug-likeness (QED) is 0.608. The van der Waals surface area contributed by atoms with E-state index in [-0.39, 0.29) is 11.8 Å². The molecule has 0 fully saturated rings. The first kappa shape index (κ1) is 19.6. The number of aryl methyl sites for hydroxylation is 1. The Bertz CT molecular complexity index is 985. The van der Waals surface area contributed by atoms with Gasteiger partial charge in [-0.2, -0.15) is 0 Å². The van der Waals surface area contributed by atoms with Gasteiger partial charge in [0.15, 0.2) is 0 Å². The molecular formula is C20H20N4O3S. The zero-order valence-electron chi connectivity index (χ0n) is 15.7. The maximum Gasteiger partial charge on any atom is 0.277 e. The normalized spacial score (nSPS) is 11.7. The average Bonchev–Trinajstić information content (AvgIpc) is 3.10. The van der Waals surface area contributed by atoms with E-state index in [1.54, 1.807) is 31.2 Å². The largest absolute Gasteiger partial charge is 0.411 e. The highest BCUT2D eigenvalue weighted by Gasteiger charge is 2.19. The standard InChI is InChI=1S/C20H20N4O3S/c1-12-7-9-15(10-8-12)19-23-24-20(27-19)28-13(2)18(26)22-17-6-4-5-16(11-17)21-14(3)25/h4-11,13H,1-3H3,(H,21,25)(H,22,26)/t13-/m0/s1. The second kappa shape index (κ2) is 8.71. The van der Waals surface area contributed by atoms with E-state index >= 15 is 0 Å². The van der Waals surface area contributed by atoms with Crippen LogP contribution in [0.1, 0.15) is 19.4 Å². The summed E-state index contributed by atoms with van der Waals surface area (Å²) in [6, 6.07) is 14.7. The van der Waals surface area contributed by atoms with Crippen molar-refractivity contribution in [3.63, 3.8) is 0 Å². The molecule has 2 amide bonds. The molecule has 8 heteroatoms. The molecule has 3 rings (SSSR count). The first-order valence-electron chi connectivity index (χ1n) is 8.66. The number of rotatable bonds is 6. The lowest BCUT2D eigenvalue weighted by Gasteiger charge is -2.11. The minimum absolute atomic E-state index is 0.173. The van der Waals surface area contributed by atoms with Crippen LogP contribution in [0.25, 0.3) is 11.5 Å². The summed E-state index contributed by atoms with van der Waals surface area (Å²) >= 11 is 1.18. The van der Waals surface area contributed by atoms with Gasteiger partial charge in [0.1, 0.15) is 0 Å². The molecule has 0 aliphatic heterocycles. The van der Waals surface area contributed by atoms with Gasteiger partial charge in [-0.1, -0.05) is 35.5 Å². The fourth-order valence-electron chi connectivity index (χ4n) is 2.40. The van der Waals surface area contributed by atoms with E-state index in [9.17, 15) is 9.59 Å². The number of nitrogens with zero attached hydrogens (tertiary/aromatic N) is 2.